The number of hydrogen-bond acceptors (Lipinski definition) is 4. The van der Waals surface area contributed by atoms with Gasteiger partial charge in [-0.25, -0.2) is 0 Å². The highest BCUT2D eigenvalue weighted by atomic mass is 15.0. The van der Waals surface area contributed by atoms with Gasteiger partial charge in [0.2, 0.25) is 0 Å². The average Bonchev–Trinajstić information content (AvgIpc) is 4.06. The summed E-state index contributed by atoms with van der Waals surface area (Å²) in [4.78, 5) is 13.9. The molecule has 0 bridgehead atoms. The van der Waals surface area contributed by atoms with Crippen molar-refractivity contribution in [2.45, 2.75) is 6.92 Å². The van der Waals surface area contributed by atoms with Crippen LogP contribution in [-0.2, 0) is 0 Å². The monoisotopic (exact) mass is 808 g/mol. The van der Waals surface area contributed by atoms with Gasteiger partial charge in [0.25, 0.3) is 0 Å². The third kappa shape index (κ3) is 5.09. The number of para-hydroxylation sites is 4. The summed E-state index contributed by atoms with van der Waals surface area (Å²) in [7, 11) is 0. The molecule has 0 saturated heterocycles. The molecule has 63 heavy (non-hydrogen) atoms. The Morgan fingerprint density at radius 2 is 0.683 bits per heavy atom. The SMILES string of the molecule is Cc1c(C=N)n(-c2cc(-c3cc(-n4c5ccccc5c5ccncc54)cc(-n4c5ccccc5c5ccncc54)c3)cc(-n3c4ccccc4c4ccncc43)c2)c2ccccc12. The van der Waals surface area contributed by atoms with E-state index in [1.165, 1.54) is 17.0 Å². The van der Waals surface area contributed by atoms with Crippen LogP contribution < -0.4 is 0 Å². The van der Waals surface area contributed by atoms with Crippen molar-refractivity contribution in [3.8, 4) is 33.9 Å². The van der Waals surface area contributed by atoms with Gasteiger partial charge >= 0.3 is 0 Å². The van der Waals surface area contributed by atoms with E-state index in [9.17, 15) is 0 Å². The molecule has 0 fully saturated rings. The van der Waals surface area contributed by atoms with E-state index in [0.717, 1.165) is 111 Å². The number of aromatic nitrogens is 7. The van der Waals surface area contributed by atoms with Gasteiger partial charge in [-0.15, -0.1) is 0 Å². The Balaban J connectivity index is 1.17. The summed E-state index contributed by atoms with van der Waals surface area (Å²) >= 11 is 0. The molecule has 0 aliphatic heterocycles. The number of nitrogens with one attached hydrogen (secondary N) is 1. The highest BCUT2D eigenvalue weighted by Gasteiger charge is 2.21. The molecule has 0 amide bonds. The fraction of sp³-hybridized carbons (Fsp3) is 0.0182. The van der Waals surface area contributed by atoms with Gasteiger partial charge in [-0.3, -0.25) is 15.0 Å². The van der Waals surface area contributed by atoms with Crippen LogP contribution in [0.1, 0.15) is 11.3 Å². The van der Waals surface area contributed by atoms with Crippen LogP contribution in [0.5, 0.6) is 0 Å². The highest BCUT2D eigenvalue weighted by molar-refractivity contribution is 6.11. The average molecular weight is 809 g/mol. The molecule has 0 aliphatic rings. The van der Waals surface area contributed by atoms with Crippen molar-refractivity contribution in [2.24, 2.45) is 0 Å². The van der Waals surface area contributed by atoms with Gasteiger partial charge in [0.1, 0.15) is 0 Å². The maximum absolute atomic E-state index is 8.74. The molecular formula is C55H36N8. The third-order valence-electron chi connectivity index (χ3n) is 12.9. The standard InChI is InChI=1S/C55H36N8/c1-34-41-10-2-6-14-48(41)60(52(34)30-56)37-24-35(25-38(28-37)61-49-15-7-3-11-42(49)45-18-21-57-31-53(45)61)36-26-39(62-50-16-8-4-12-43(50)46-19-22-58-32-54(46)62)29-40(27-36)63-51-17-9-5-13-44(51)47-20-23-59-33-55(47)63/h2-33,56H,1H3. The molecule has 0 spiro atoms. The van der Waals surface area contributed by atoms with Gasteiger partial charge in [-0.2, -0.15) is 0 Å². The lowest BCUT2D eigenvalue weighted by molar-refractivity contribution is 1.08. The number of benzene rings is 6. The molecule has 1 N–H and O–H groups in total. The van der Waals surface area contributed by atoms with Crippen molar-refractivity contribution in [3.05, 3.63) is 200 Å². The predicted octanol–water partition coefficient (Wildman–Crippen LogP) is 13.1. The summed E-state index contributed by atoms with van der Waals surface area (Å²) in [6, 6.07) is 54.3. The fourth-order valence-corrected chi connectivity index (χ4v) is 10.2. The molecule has 13 rings (SSSR count). The lowest BCUT2D eigenvalue weighted by Gasteiger charge is -2.18. The molecule has 8 heteroatoms. The maximum Gasteiger partial charge on any atom is 0.0724 e. The van der Waals surface area contributed by atoms with Gasteiger partial charge in [0, 0.05) is 85.3 Å². The minimum Gasteiger partial charge on any atom is -0.308 e. The zero-order valence-corrected chi connectivity index (χ0v) is 34.1. The van der Waals surface area contributed by atoms with Crippen LogP contribution in [0.4, 0.5) is 0 Å². The van der Waals surface area contributed by atoms with E-state index >= 15 is 0 Å². The van der Waals surface area contributed by atoms with Gasteiger partial charge in [-0.1, -0.05) is 72.8 Å². The smallest absolute Gasteiger partial charge is 0.0724 e. The summed E-state index contributed by atoms with van der Waals surface area (Å²) in [6.45, 7) is 2.11. The van der Waals surface area contributed by atoms with Gasteiger partial charge in [-0.05, 0) is 102 Å². The molecule has 0 saturated carbocycles. The topological polar surface area (TPSA) is 82.2 Å². The van der Waals surface area contributed by atoms with E-state index < -0.39 is 0 Å². The molecule has 13 aromatic rings. The minimum absolute atomic E-state index is 0.841. The zero-order chi connectivity index (χ0) is 41.8. The zero-order valence-electron chi connectivity index (χ0n) is 34.1. The molecule has 0 aliphatic carbocycles. The number of fused-ring (bicyclic) bond motifs is 10. The molecule has 296 valence electrons. The third-order valence-corrected chi connectivity index (χ3v) is 12.9. The van der Waals surface area contributed by atoms with Crippen LogP contribution >= 0.6 is 0 Å². The molecule has 0 radical (unpaired) electrons. The van der Waals surface area contributed by atoms with E-state index in [2.05, 4.69) is 192 Å². The van der Waals surface area contributed by atoms with Crippen molar-refractivity contribution in [1.29, 1.82) is 5.41 Å². The first kappa shape index (κ1) is 35.2. The number of aryl methyl sites for hydroxylation is 1. The van der Waals surface area contributed by atoms with Crippen LogP contribution in [0.3, 0.4) is 0 Å². The summed E-state index contributed by atoms with van der Waals surface area (Å²) in [5.41, 5.74) is 15.3. The Kier molecular flexibility index (Phi) is 7.50. The molecular weight excluding hydrogens is 773 g/mol. The Bertz CT molecular complexity index is 3740. The van der Waals surface area contributed by atoms with E-state index in [1.807, 2.05) is 37.2 Å². The van der Waals surface area contributed by atoms with Crippen molar-refractivity contribution in [3.63, 3.8) is 0 Å². The van der Waals surface area contributed by atoms with Crippen LogP contribution in [0.15, 0.2) is 189 Å². The van der Waals surface area contributed by atoms with Crippen LogP contribution in [0, 0.1) is 12.3 Å². The largest absolute Gasteiger partial charge is 0.308 e. The first-order chi connectivity index (χ1) is 31.1. The molecule has 0 unspecified atom stereocenters. The lowest BCUT2D eigenvalue weighted by atomic mass is 10.0. The van der Waals surface area contributed by atoms with Crippen molar-refractivity contribution in [2.75, 3.05) is 0 Å². The number of nitrogens with zero attached hydrogens (tertiary/aromatic N) is 7. The van der Waals surface area contributed by atoms with Gasteiger partial charge in [0.05, 0.1) is 62.9 Å². The van der Waals surface area contributed by atoms with Crippen LogP contribution in [-0.4, -0.2) is 39.4 Å². The Morgan fingerprint density at radius 3 is 1.06 bits per heavy atom. The normalized spacial score (nSPS) is 12.0. The van der Waals surface area contributed by atoms with Crippen LogP contribution in [0.2, 0.25) is 0 Å². The fourth-order valence-electron chi connectivity index (χ4n) is 10.2. The highest BCUT2D eigenvalue weighted by Crippen LogP contribution is 2.40. The molecule has 7 aromatic heterocycles. The molecule has 6 aromatic carbocycles. The molecule has 0 atom stereocenters. The van der Waals surface area contributed by atoms with Crippen LogP contribution in [0.25, 0.3) is 110 Å². The number of hydrogen-bond donors (Lipinski definition) is 1. The second kappa shape index (κ2) is 13.4. The first-order valence-electron chi connectivity index (χ1n) is 21.1. The van der Waals surface area contributed by atoms with E-state index in [1.54, 1.807) is 0 Å². The van der Waals surface area contributed by atoms with E-state index in [0.29, 0.717) is 0 Å². The Hall–Kier alpha value is -8.62. The first-order valence-corrected chi connectivity index (χ1v) is 21.1. The minimum atomic E-state index is 0.841. The Labute approximate surface area is 360 Å². The van der Waals surface area contributed by atoms with Gasteiger partial charge in [0.15, 0.2) is 0 Å². The maximum atomic E-state index is 8.74. The summed E-state index contributed by atoms with van der Waals surface area (Å²) in [5, 5.41) is 16.8. The quantitative estimate of drug-likeness (QED) is 0.170. The van der Waals surface area contributed by atoms with Crippen molar-refractivity contribution in [1.82, 2.24) is 33.2 Å². The lowest BCUT2D eigenvalue weighted by Crippen LogP contribution is -2.04. The number of pyridine rings is 3. The summed E-state index contributed by atoms with van der Waals surface area (Å²) in [5.74, 6) is 0. The Morgan fingerprint density at radius 1 is 0.365 bits per heavy atom. The second-order valence-corrected chi connectivity index (χ2v) is 16.2. The molecule has 8 nitrogen and oxygen atoms in total. The van der Waals surface area contributed by atoms with Gasteiger partial charge < -0.3 is 23.7 Å². The van der Waals surface area contributed by atoms with Crippen molar-refractivity contribution < 1.29 is 0 Å². The summed E-state index contributed by atoms with van der Waals surface area (Å²) < 4.78 is 9.25. The van der Waals surface area contributed by atoms with E-state index in [-0.39, 0.29) is 0 Å². The van der Waals surface area contributed by atoms with Crippen molar-refractivity contribution >= 4 is 82.5 Å². The molecule has 7 heterocycles. The predicted molar refractivity (Wildman–Crippen MR) is 258 cm³/mol. The number of rotatable bonds is 6. The summed E-state index contributed by atoms with van der Waals surface area (Å²) in [6.07, 6.45) is 13.0. The second-order valence-electron chi connectivity index (χ2n) is 16.2. The van der Waals surface area contributed by atoms with E-state index in [4.69, 9.17) is 5.41 Å².